The summed E-state index contributed by atoms with van der Waals surface area (Å²) in [6.07, 6.45) is 7.56. The number of hydrogen-bond donors (Lipinski definition) is 0. The molecule has 0 saturated heterocycles. The van der Waals surface area contributed by atoms with Gasteiger partial charge in [-0.2, -0.15) is 0 Å². The first kappa shape index (κ1) is 26.5. The number of thioether (sulfide) groups is 1. The standard InChI is InChI=1S/C29H42O5S/c1-17-14-25(32)34-26(20-10-13-35-16-20)28(17,6)11-8-21-18(2)22(33-19(3)30)15-23-27(4,5)24(31)9-12-29(21,23)7/h10,13-14,18,20-23,26H,8-9,11-12,15-16H2,1-7H3. The fourth-order valence-electron chi connectivity index (χ4n) is 7.95. The van der Waals surface area contributed by atoms with Gasteiger partial charge in [-0.05, 0) is 61.2 Å². The van der Waals surface area contributed by atoms with Gasteiger partial charge < -0.3 is 9.47 Å². The number of ketones is 1. The zero-order chi connectivity index (χ0) is 25.8. The van der Waals surface area contributed by atoms with Crippen molar-refractivity contribution in [2.45, 2.75) is 92.8 Å². The third-order valence-electron chi connectivity index (χ3n) is 10.3. The van der Waals surface area contributed by atoms with E-state index in [2.05, 4.69) is 53.0 Å². The SMILES string of the molecule is CC(=O)OC1CC2C(C)(C)C(=O)CCC2(C)C(CCC2(C)C(C)=CC(=O)OC2C2C=CSC2)C1C. The van der Waals surface area contributed by atoms with Crippen LogP contribution < -0.4 is 0 Å². The first-order valence-electron chi connectivity index (χ1n) is 13.2. The molecule has 0 amide bonds. The molecule has 0 N–H and O–H groups in total. The van der Waals surface area contributed by atoms with Crippen molar-refractivity contribution in [2.75, 3.05) is 5.75 Å². The Hall–Kier alpha value is -1.56. The second-order valence-electron chi connectivity index (χ2n) is 12.5. The monoisotopic (exact) mass is 502 g/mol. The first-order valence-corrected chi connectivity index (χ1v) is 14.2. The average molecular weight is 503 g/mol. The molecule has 4 rings (SSSR count). The highest BCUT2D eigenvalue weighted by Crippen LogP contribution is 2.62. The minimum absolute atomic E-state index is 0.00852. The van der Waals surface area contributed by atoms with Crippen LogP contribution in [-0.2, 0) is 23.9 Å². The van der Waals surface area contributed by atoms with Gasteiger partial charge in [0.25, 0.3) is 0 Å². The fraction of sp³-hybridized carbons (Fsp3) is 0.759. The number of esters is 2. The van der Waals surface area contributed by atoms with Gasteiger partial charge in [0.05, 0.1) is 0 Å². The van der Waals surface area contributed by atoms with Crippen molar-refractivity contribution in [2.24, 2.45) is 39.9 Å². The third kappa shape index (κ3) is 4.53. The van der Waals surface area contributed by atoms with Crippen LogP contribution in [-0.4, -0.2) is 35.7 Å². The van der Waals surface area contributed by atoms with E-state index < -0.39 is 5.41 Å². The van der Waals surface area contributed by atoms with Crippen molar-refractivity contribution >= 4 is 29.5 Å². The van der Waals surface area contributed by atoms with E-state index in [0.717, 1.165) is 37.0 Å². The van der Waals surface area contributed by atoms with Crippen molar-refractivity contribution in [1.29, 1.82) is 0 Å². The van der Waals surface area contributed by atoms with Gasteiger partial charge in [0.1, 0.15) is 18.0 Å². The number of carbonyl (C=O) groups excluding carboxylic acids is 3. The van der Waals surface area contributed by atoms with Crippen LogP contribution in [0.3, 0.4) is 0 Å². The highest BCUT2D eigenvalue weighted by atomic mass is 32.2. The summed E-state index contributed by atoms with van der Waals surface area (Å²) in [5.41, 5.74) is 0.391. The Morgan fingerprint density at radius 2 is 1.94 bits per heavy atom. The maximum absolute atomic E-state index is 13.0. The van der Waals surface area contributed by atoms with Gasteiger partial charge in [-0.15, -0.1) is 11.8 Å². The smallest absolute Gasteiger partial charge is 0.331 e. The number of cyclic esters (lactones) is 1. The zero-order valence-electron chi connectivity index (χ0n) is 22.4. The highest BCUT2D eigenvalue weighted by molar-refractivity contribution is 8.02. The number of fused-ring (bicyclic) bond motifs is 1. The van der Waals surface area contributed by atoms with Crippen molar-refractivity contribution < 1.29 is 23.9 Å². The summed E-state index contributed by atoms with van der Waals surface area (Å²) in [5, 5.41) is 2.12. The lowest BCUT2D eigenvalue weighted by Crippen LogP contribution is -2.58. The van der Waals surface area contributed by atoms with E-state index in [1.807, 2.05) is 0 Å². The second-order valence-corrected chi connectivity index (χ2v) is 13.5. The molecule has 0 bridgehead atoms. The topological polar surface area (TPSA) is 69.7 Å². The van der Waals surface area contributed by atoms with Crippen LogP contribution in [0.5, 0.6) is 0 Å². The number of carbonyl (C=O) groups is 3. The van der Waals surface area contributed by atoms with E-state index >= 15 is 0 Å². The molecule has 194 valence electrons. The predicted molar refractivity (Wildman–Crippen MR) is 139 cm³/mol. The Labute approximate surface area is 214 Å². The van der Waals surface area contributed by atoms with Crippen LogP contribution in [0.25, 0.3) is 0 Å². The van der Waals surface area contributed by atoms with Crippen LogP contribution in [0.2, 0.25) is 0 Å². The van der Waals surface area contributed by atoms with E-state index in [4.69, 9.17) is 9.47 Å². The van der Waals surface area contributed by atoms with E-state index in [1.54, 1.807) is 17.8 Å². The predicted octanol–water partition coefficient (Wildman–Crippen LogP) is 6.12. The highest BCUT2D eigenvalue weighted by Gasteiger charge is 2.60. The molecule has 8 atom stereocenters. The second kappa shape index (κ2) is 9.39. The summed E-state index contributed by atoms with van der Waals surface area (Å²) >= 11 is 1.77. The van der Waals surface area contributed by atoms with Gasteiger partial charge in [-0.25, -0.2) is 4.79 Å². The molecule has 0 radical (unpaired) electrons. The molecular formula is C29H42O5S. The molecule has 8 unspecified atom stereocenters. The summed E-state index contributed by atoms with van der Waals surface area (Å²) in [6.45, 7) is 14.6. The molecule has 5 nitrogen and oxygen atoms in total. The summed E-state index contributed by atoms with van der Waals surface area (Å²) in [6, 6.07) is 0. The molecule has 0 aromatic heterocycles. The lowest BCUT2D eigenvalue weighted by atomic mass is 9.45. The van der Waals surface area contributed by atoms with Crippen molar-refractivity contribution in [3.05, 3.63) is 23.1 Å². The van der Waals surface area contributed by atoms with Crippen LogP contribution >= 0.6 is 11.8 Å². The Bertz CT molecular complexity index is 951. The Kier molecular flexibility index (Phi) is 7.11. The van der Waals surface area contributed by atoms with E-state index in [0.29, 0.717) is 18.1 Å². The molecule has 0 aromatic carbocycles. The molecule has 2 aliphatic heterocycles. The van der Waals surface area contributed by atoms with Crippen LogP contribution in [0.4, 0.5) is 0 Å². The van der Waals surface area contributed by atoms with E-state index in [1.165, 1.54) is 6.92 Å². The minimum Gasteiger partial charge on any atom is -0.462 e. The molecule has 0 aromatic rings. The molecule has 35 heavy (non-hydrogen) atoms. The van der Waals surface area contributed by atoms with Crippen molar-refractivity contribution in [1.82, 2.24) is 0 Å². The molecule has 2 heterocycles. The van der Waals surface area contributed by atoms with Crippen molar-refractivity contribution in [3.8, 4) is 0 Å². The van der Waals surface area contributed by atoms with Gasteiger partial charge in [0, 0.05) is 41.9 Å². The lowest BCUT2D eigenvalue weighted by molar-refractivity contribution is -0.180. The fourth-order valence-corrected chi connectivity index (χ4v) is 8.88. The van der Waals surface area contributed by atoms with Gasteiger partial charge in [-0.3, -0.25) is 9.59 Å². The molecule has 0 spiro atoms. The number of ether oxygens (including phenoxy) is 2. The van der Waals surface area contributed by atoms with Crippen LogP contribution in [0.15, 0.2) is 23.1 Å². The van der Waals surface area contributed by atoms with Gasteiger partial charge in [-0.1, -0.05) is 46.3 Å². The normalized spacial score (nSPS) is 42.8. The van der Waals surface area contributed by atoms with Gasteiger partial charge in [0.15, 0.2) is 0 Å². The van der Waals surface area contributed by atoms with Gasteiger partial charge in [0.2, 0.25) is 0 Å². The first-order chi connectivity index (χ1) is 16.3. The summed E-state index contributed by atoms with van der Waals surface area (Å²) in [4.78, 5) is 37.3. The minimum atomic E-state index is -0.432. The largest absolute Gasteiger partial charge is 0.462 e. The lowest BCUT2D eigenvalue weighted by Gasteiger charge is -2.60. The number of Topliss-reactive ketones (excluding diaryl/α,β-unsaturated/α-hetero) is 1. The quantitative estimate of drug-likeness (QED) is 0.422. The maximum atomic E-state index is 13.0. The third-order valence-corrected chi connectivity index (χ3v) is 11.2. The van der Waals surface area contributed by atoms with Gasteiger partial charge >= 0.3 is 11.9 Å². The summed E-state index contributed by atoms with van der Waals surface area (Å²) in [7, 11) is 0. The maximum Gasteiger partial charge on any atom is 0.331 e. The molecule has 2 fully saturated rings. The van der Waals surface area contributed by atoms with Crippen molar-refractivity contribution in [3.63, 3.8) is 0 Å². The number of rotatable bonds is 5. The Morgan fingerprint density at radius 1 is 1.23 bits per heavy atom. The Morgan fingerprint density at radius 3 is 2.57 bits per heavy atom. The van der Waals surface area contributed by atoms with Crippen LogP contribution in [0.1, 0.15) is 80.6 Å². The average Bonchev–Trinajstić information content (AvgIpc) is 3.30. The zero-order valence-corrected chi connectivity index (χ0v) is 23.2. The summed E-state index contributed by atoms with van der Waals surface area (Å²) < 4.78 is 11.8. The molecule has 4 aliphatic rings. The molecule has 6 heteroatoms. The number of hydrogen-bond acceptors (Lipinski definition) is 6. The summed E-state index contributed by atoms with van der Waals surface area (Å²) in [5.74, 6) is 1.65. The molecule has 2 aliphatic carbocycles. The molecular weight excluding hydrogens is 460 g/mol. The molecule has 2 saturated carbocycles. The van der Waals surface area contributed by atoms with E-state index in [9.17, 15) is 14.4 Å². The van der Waals surface area contributed by atoms with E-state index in [-0.39, 0.29) is 52.7 Å². The van der Waals surface area contributed by atoms with Crippen LogP contribution in [0, 0.1) is 39.9 Å². The Balaban J connectivity index is 1.66.